The SMILES string of the molecule is CCc1ccc([C@H](N)C(C)(C)C)cc1. The maximum atomic E-state index is 6.16. The first-order chi connectivity index (χ1) is 6.45. The smallest absolute Gasteiger partial charge is 0.0344 e. The highest BCUT2D eigenvalue weighted by Gasteiger charge is 2.21. The van der Waals surface area contributed by atoms with Crippen molar-refractivity contribution in [3.63, 3.8) is 0 Å². The molecule has 0 fully saturated rings. The van der Waals surface area contributed by atoms with E-state index in [1.54, 1.807) is 0 Å². The third kappa shape index (κ3) is 2.58. The van der Waals surface area contributed by atoms with Crippen LogP contribution in [0, 0.1) is 5.41 Å². The van der Waals surface area contributed by atoms with Gasteiger partial charge in [-0.05, 0) is 23.0 Å². The number of benzene rings is 1. The van der Waals surface area contributed by atoms with E-state index in [9.17, 15) is 0 Å². The van der Waals surface area contributed by atoms with E-state index in [1.807, 2.05) is 0 Å². The Labute approximate surface area is 87.3 Å². The van der Waals surface area contributed by atoms with Gasteiger partial charge in [0.15, 0.2) is 0 Å². The van der Waals surface area contributed by atoms with E-state index in [2.05, 4.69) is 52.0 Å². The Morgan fingerprint density at radius 2 is 1.64 bits per heavy atom. The fourth-order valence-electron chi connectivity index (χ4n) is 1.46. The summed E-state index contributed by atoms with van der Waals surface area (Å²) in [4.78, 5) is 0. The highest BCUT2D eigenvalue weighted by molar-refractivity contribution is 5.25. The minimum absolute atomic E-state index is 0.119. The number of hydrogen-bond donors (Lipinski definition) is 1. The lowest BCUT2D eigenvalue weighted by molar-refractivity contribution is 0.327. The minimum Gasteiger partial charge on any atom is -0.324 e. The summed E-state index contributed by atoms with van der Waals surface area (Å²) in [5.74, 6) is 0. The first-order valence-corrected chi connectivity index (χ1v) is 5.29. The van der Waals surface area contributed by atoms with Gasteiger partial charge in [0.1, 0.15) is 0 Å². The van der Waals surface area contributed by atoms with Crippen molar-refractivity contribution in [1.82, 2.24) is 0 Å². The average molecular weight is 191 g/mol. The summed E-state index contributed by atoms with van der Waals surface area (Å²) < 4.78 is 0. The van der Waals surface area contributed by atoms with Crippen LogP contribution >= 0.6 is 0 Å². The molecule has 1 aromatic rings. The van der Waals surface area contributed by atoms with E-state index in [4.69, 9.17) is 5.73 Å². The van der Waals surface area contributed by atoms with Crippen LogP contribution in [-0.2, 0) is 6.42 Å². The summed E-state index contributed by atoms with van der Waals surface area (Å²) in [6.07, 6.45) is 1.09. The predicted octanol–water partition coefficient (Wildman–Crippen LogP) is 3.29. The van der Waals surface area contributed by atoms with E-state index in [0.29, 0.717) is 0 Å². The number of hydrogen-bond acceptors (Lipinski definition) is 1. The molecule has 0 bridgehead atoms. The van der Waals surface area contributed by atoms with E-state index in [0.717, 1.165) is 6.42 Å². The second-order valence-corrected chi connectivity index (χ2v) is 4.94. The number of aryl methyl sites for hydroxylation is 1. The van der Waals surface area contributed by atoms with Crippen molar-refractivity contribution < 1.29 is 0 Å². The normalized spacial score (nSPS) is 14.1. The Balaban J connectivity index is 2.87. The number of nitrogens with two attached hydrogens (primary N) is 1. The zero-order valence-electron chi connectivity index (χ0n) is 9.67. The number of rotatable bonds is 2. The Bertz CT molecular complexity index is 279. The fraction of sp³-hybridized carbons (Fsp3) is 0.538. The van der Waals surface area contributed by atoms with Gasteiger partial charge in [-0.3, -0.25) is 0 Å². The van der Waals surface area contributed by atoms with Crippen molar-refractivity contribution in [3.05, 3.63) is 35.4 Å². The molecule has 0 saturated heterocycles. The van der Waals surface area contributed by atoms with Crippen LogP contribution in [0.25, 0.3) is 0 Å². The third-order valence-corrected chi connectivity index (χ3v) is 2.68. The molecule has 14 heavy (non-hydrogen) atoms. The quantitative estimate of drug-likeness (QED) is 0.762. The van der Waals surface area contributed by atoms with Gasteiger partial charge < -0.3 is 5.73 Å². The highest BCUT2D eigenvalue weighted by atomic mass is 14.7. The highest BCUT2D eigenvalue weighted by Crippen LogP contribution is 2.30. The van der Waals surface area contributed by atoms with Crippen LogP contribution in [-0.4, -0.2) is 0 Å². The van der Waals surface area contributed by atoms with Gasteiger partial charge in [-0.2, -0.15) is 0 Å². The summed E-state index contributed by atoms with van der Waals surface area (Å²) in [6, 6.07) is 8.75. The van der Waals surface area contributed by atoms with E-state index >= 15 is 0 Å². The lowest BCUT2D eigenvalue weighted by Crippen LogP contribution is -2.26. The standard InChI is InChI=1S/C13H21N/c1-5-10-6-8-11(9-7-10)12(14)13(2,3)4/h6-9,12H,5,14H2,1-4H3/t12-/m0/s1. The molecule has 0 unspecified atom stereocenters. The van der Waals surface area contributed by atoms with E-state index in [-0.39, 0.29) is 11.5 Å². The summed E-state index contributed by atoms with van der Waals surface area (Å²) in [5, 5.41) is 0. The second-order valence-electron chi connectivity index (χ2n) is 4.94. The van der Waals surface area contributed by atoms with Crippen molar-refractivity contribution in [2.24, 2.45) is 11.1 Å². The van der Waals surface area contributed by atoms with Gasteiger partial charge in [0, 0.05) is 6.04 Å². The molecule has 0 radical (unpaired) electrons. The maximum absolute atomic E-state index is 6.16. The van der Waals surface area contributed by atoms with E-state index in [1.165, 1.54) is 11.1 Å². The van der Waals surface area contributed by atoms with E-state index < -0.39 is 0 Å². The summed E-state index contributed by atoms with van der Waals surface area (Å²) in [5.41, 5.74) is 8.90. The zero-order valence-corrected chi connectivity index (χ0v) is 9.67. The molecule has 0 saturated carbocycles. The van der Waals surface area contributed by atoms with Crippen molar-refractivity contribution in [3.8, 4) is 0 Å². The van der Waals surface area contributed by atoms with Crippen LogP contribution in [0.4, 0.5) is 0 Å². The lowest BCUT2D eigenvalue weighted by Gasteiger charge is -2.27. The van der Waals surface area contributed by atoms with Crippen molar-refractivity contribution in [2.45, 2.75) is 40.2 Å². The van der Waals surface area contributed by atoms with Gasteiger partial charge in [0.2, 0.25) is 0 Å². The molecule has 0 aliphatic rings. The zero-order chi connectivity index (χ0) is 10.8. The first-order valence-electron chi connectivity index (χ1n) is 5.29. The largest absolute Gasteiger partial charge is 0.324 e. The molecule has 0 spiro atoms. The second kappa shape index (κ2) is 4.14. The van der Waals surface area contributed by atoms with Gasteiger partial charge in [-0.1, -0.05) is 52.0 Å². The Morgan fingerprint density at radius 3 is 2.00 bits per heavy atom. The molecule has 0 aliphatic heterocycles. The molecule has 0 amide bonds. The van der Waals surface area contributed by atoms with Crippen LogP contribution in [0.3, 0.4) is 0 Å². The maximum Gasteiger partial charge on any atom is 0.0344 e. The Morgan fingerprint density at radius 1 is 1.14 bits per heavy atom. The summed E-state index contributed by atoms with van der Waals surface area (Å²) in [6.45, 7) is 8.68. The molecule has 1 rings (SSSR count). The van der Waals surface area contributed by atoms with Gasteiger partial charge >= 0.3 is 0 Å². The predicted molar refractivity (Wildman–Crippen MR) is 62.2 cm³/mol. The molecule has 0 aromatic heterocycles. The Hall–Kier alpha value is -0.820. The van der Waals surface area contributed by atoms with Crippen molar-refractivity contribution in [2.75, 3.05) is 0 Å². The van der Waals surface area contributed by atoms with Crippen LogP contribution in [0.2, 0.25) is 0 Å². The lowest BCUT2D eigenvalue weighted by atomic mass is 9.83. The van der Waals surface area contributed by atoms with Gasteiger partial charge in [-0.15, -0.1) is 0 Å². The monoisotopic (exact) mass is 191 g/mol. The molecule has 0 heterocycles. The molecular formula is C13H21N. The van der Waals surface area contributed by atoms with Gasteiger partial charge in [0.25, 0.3) is 0 Å². The molecular weight excluding hydrogens is 170 g/mol. The van der Waals surface area contributed by atoms with Gasteiger partial charge in [-0.25, -0.2) is 0 Å². The van der Waals surface area contributed by atoms with Crippen molar-refractivity contribution in [1.29, 1.82) is 0 Å². The molecule has 1 aromatic carbocycles. The molecule has 0 aliphatic carbocycles. The van der Waals surface area contributed by atoms with Gasteiger partial charge in [0.05, 0.1) is 0 Å². The Kier molecular flexibility index (Phi) is 3.33. The van der Waals surface area contributed by atoms with Crippen molar-refractivity contribution >= 4 is 0 Å². The van der Waals surface area contributed by atoms with Crippen LogP contribution in [0.1, 0.15) is 44.9 Å². The average Bonchev–Trinajstić information content (AvgIpc) is 2.15. The van der Waals surface area contributed by atoms with Crippen LogP contribution in [0.5, 0.6) is 0 Å². The molecule has 1 atom stereocenters. The topological polar surface area (TPSA) is 26.0 Å². The third-order valence-electron chi connectivity index (χ3n) is 2.68. The summed E-state index contributed by atoms with van der Waals surface area (Å²) in [7, 11) is 0. The van der Waals surface area contributed by atoms with Crippen LogP contribution < -0.4 is 5.73 Å². The summed E-state index contributed by atoms with van der Waals surface area (Å²) >= 11 is 0. The molecule has 2 N–H and O–H groups in total. The molecule has 1 heteroatoms. The fourth-order valence-corrected chi connectivity index (χ4v) is 1.46. The first kappa shape index (κ1) is 11.3. The molecule has 78 valence electrons. The minimum atomic E-state index is 0.119. The molecule has 1 nitrogen and oxygen atoms in total. The van der Waals surface area contributed by atoms with Crippen LogP contribution in [0.15, 0.2) is 24.3 Å².